The van der Waals surface area contributed by atoms with Gasteiger partial charge in [-0.2, -0.15) is 16.9 Å². The molecule has 1 aliphatic rings. The standard InChI is InChI=1S/C14H16N4O3S/c1-8-5-9(2)18-11(16-8)10(6-15-18)12(19)17-14(13(20)21)3-4-22-7-14/h5-6H,3-4,7H2,1-2H3,(H,17,19)(H,20,21). The maximum absolute atomic E-state index is 12.5. The second kappa shape index (κ2) is 5.28. The Balaban J connectivity index is 1.97. The molecule has 1 atom stereocenters. The molecule has 1 saturated heterocycles. The van der Waals surface area contributed by atoms with Gasteiger partial charge in [0.15, 0.2) is 5.65 Å². The molecule has 0 aromatic carbocycles. The minimum absolute atomic E-state index is 0.296. The first kappa shape index (κ1) is 14.8. The van der Waals surface area contributed by atoms with E-state index in [-0.39, 0.29) is 0 Å². The maximum Gasteiger partial charge on any atom is 0.330 e. The van der Waals surface area contributed by atoms with Crippen LogP contribution in [0.25, 0.3) is 5.65 Å². The van der Waals surface area contributed by atoms with Crippen LogP contribution in [0.5, 0.6) is 0 Å². The smallest absolute Gasteiger partial charge is 0.330 e. The van der Waals surface area contributed by atoms with E-state index in [0.29, 0.717) is 23.4 Å². The molecule has 1 unspecified atom stereocenters. The normalized spacial score (nSPS) is 21.2. The van der Waals surface area contributed by atoms with Crippen molar-refractivity contribution >= 4 is 29.3 Å². The fourth-order valence-electron chi connectivity index (χ4n) is 2.60. The molecule has 2 N–H and O–H groups in total. The zero-order chi connectivity index (χ0) is 15.9. The Kier molecular flexibility index (Phi) is 3.56. The second-order valence-electron chi connectivity index (χ2n) is 5.48. The Morgan fingerprint density at radius 3 is 2.86 bits per heavy atom. The monoisotopic (exact) mass is 320 g/mol. The van der Waals surface area contributed by atoms with Crippen LogP contribution in [-0.2, 0) is 4.79 Å². The first-order valence-corrected chi connectivity index (χ1v) is 8.04. The molecule has 1 aliphatic heterocycles. The molecule has 1 amide bonds. The molecule has 116 valence electrons. The van der Waals surface area contributed by atoms with Gasteiger partial charge in [-0.15, -0.1) is 0 Å². The van der Waals surface area contributed by atoms with Crippen molar-refractivity contribution in [2.24, 2.45) is 0 Å². The molecular formula is C14H16N4O3S. The number of fused-ring (bicyclic) bond motifs is 1. The molecular weight excluding hydrogens is 304 g/mol. The SMILES string of the molecule is Cc1cc(C)n2ncc(C(=O)NC3(C(=O)O)CCSC3)c2n1. The van der Waals surface area contributed by atoms with E-state index in [0.717, 1.165) is 17.1 Å². The van der Waals surface area contributed by atoms with Gasteiger partial charge in [0, 0.05) is 17.1 Å². The number of carboxylic acids is 1. The summed E-state index contributed by atoms with van der Waals surface area (Å²) in [6.07, 6.45) is 1.85. The summed E-state index contributed by atoms with van der Waals surface area (Å²) in [4.78, 5) is 28.4. The van der Waals surface area contributed by atoms with Crippen LogP contribution in [-0.4, -0.2) is 48.6 Å². The van der Waals surface area contributed by atoms with E-state index in [1.165, 1.54) is 18.0 Å². The Bertz CT molecular complexity index is 765. The fourth-order valence-corrected chi connectivity index (χ4v) is 3.93. The van der Waals surface area contributed by atoms with Crippen molar-refractivity contribution in [1.82, 2.24) is 19.9 Å². The molecule has 0 radical (unpaired) electrons. The van der Waals surface area contributed by atoms with E-state index in [1.807, 2.05) is 19.9 Å². The fraction of sp³-hybridized carbons (Fsp3) is 0.429. The second-order valence-corrected chi connectivity index (χ2v) is 6.58. The summed E-state index contributed by atoms with van der Waals surface area (Å²) in [6.45, 7) is 3.72. The third kappa shape index (κ3) is 2.33. The Labute approximate surface area is 131 Å². The number of aryl methyl sites for hydroxylation is 2. The van der Waals surface area contributed by atoms with Crippen molar-refractivity contribution in [2.45, 2.75) is 25.8 Å². The van der Waals surface area contributed by atoms with Crippen molar-refractivity contribution in [3.63, 3.8) is 0 Å². The summed E-state index contributed by atoms with van der Waals surface area (Å²) in [5.41, 5.74) is 1.19. The van der Waals surface area contributed by atoms with Crippen LogP contribution in [0.2, 0.25) is 0 Å². The number of rotatable bonds is 3. The van der Waals surface area contributed by atoms with Gasteiger partial charge in [-0.3, -0.25) is 4.79 Å². The molecule has 0 spiro atoms. The number of hydrogen-bond acceptors (Lipinski definition) is 5. The predicted molar refractivity (Wildman–Crippen MR) is 82.2 cm³/mol. The molecule has 0 saturated carbocycles. The van der Waals surface area contributed by atoms with Crippen LogP contribution < -0.4 is 5.32 Å². The highest BCUT2D eigenvalue weighted by atomic mass is 32.2. The number of nitrogens with one attached hydrogen (secondary N) is 1. The molecule has 1 fully saturated rings. The van der Waals surface area contributed by atoms with Gasteiger partial charge < -0.3 is 10.4 Å². The number of carbonyl (C=O) groups is 2. The van der Waals surface area contributed by atoms with Gasteiger partial charge in [-0.25, -0.2) is 14.3 Å². The number of amides is 1. The summed E-state index contributed by atoms with van der Waals surface area (Å²) < 4.78 is 1.58. The average Bonchev–Trinajstić information content (AvgIpc) is 3.05. The van der Waals surface area contributed by atoms with E-state index >= 15 is 0 Å². The third-order valence-electron chi connectivity index (χ3n) is 3.81. The quantitative estimate of drug-likeness (QED) is 0.877. The average molecular weight is 320 g/mol. The van der Waals surface area contributed by atoms with Crippen LogP contribution in [0.15, 0.2) is 12.3 Å². The van der Waals surface area contributed by atoms with Gasteiger partial charge in [0.2, 0.25) is 0 Å². The molecule has 2 aromatic heterocycles. The highest BCUT2D eigenvalue weighted by molar-refractivity contribution is 7.99. The molecule has 3 heterocycles. The molecule has 7 nitrogen and oxygen atoms in total. The van der Waals surface area contributed by atoms with Crippen LogP contribution in [0.1, 0.15) is 28.2 Å². The lowest BCUT2D eigenvalue weighted by molar-refractivity contribution is -0.143. The van der Waals surface area contributed by atoms with Crippen molar-refractivity contribution < 1.29 is 14.7 Å². The summed E-state index contributed by atoms with van der Waals surface area (Å²) in [6, 6.07) is 1.87. The minimum atomic E-state index is -1.20. The molecule has 2 aromatic rings. The first-order chi connectivity index (χ1) is 10.4. The topological polar surface area (TPSA) is 96.6 Å². The lowest BCUT2D eigenvalue weighted by Crippen LogP contribution is -2.54. The summed E-state index contributed by atoms with van der Waals surface area (Å²) >= 11 is 1.53. The molecule has 22 heavy (non-hydrogen) atoms. The number of carboxylic acid groups (broad SMARTS) is 1. The largest absolute Gasteiger partial charge is 0.479 e. The first-order valence-electron chi connectivity index (χ1n) is 6.88. The highest BCUT2D eigenvalue weighted by Crippen LogP contribution is 2.29. The van der Waals surface area contributed by atoms with Gasteiger partial charge in [0.1, 0.15) is 11.1 Å². The molecule has 3 rings (SSSR count). The zero-order valence-corrected chi connectivity index (χ0v) is 13.1. The highest BCUT2D eigenvalue weighted by Gasteiger charge is 2.43. The Morgan fingerprint density at radius 2 is 2.23 bits per heavy atom. The van der Waals surface area contributed by atoms with Crippen LogP contribution in [0.3, 0.4) is 0 Å². The van der Waals surface area contributed by atoms with Gasteiger partial charge in [0.25, 0.3) is 5.91 Å². The van der Waals surface area contributed by atoms with Gasteiger partial charge in [-0.1, -0.05) is 0 Å². The third-order valence-corrected chi connectivity index (χ3v) is 5.00. The van der Waals surface area contributed by atoms with Crippen molar-refractivity contribution in [1.29, 1.82) is 0 Å². The van der Waals surface area contributed by atoms with Gasteiger partial charge in [-0.05, 0) is 32.1 Å². The van der Waals surface area contributed by atoms with E-state index in [1.54, 1.807) is 4.52 Å². The van der Waals surface area contributed by atoms with Crippen LogP contribution in [0, 0.1) is 13.8 Å². The number of aromatic nitrogens is 3. The molecule has 8 heteroatoms. The summed E-state index contributed by atoms with van der Waals surface area (Å²) in [5.74, 6) is -0.351. The summed E-state index contributed by atoms with van der Waals surface area (Å²) in [7, 11) is 0. The van der Waals surface area contributed by atoms with Crippen LogP contribution >= 0.6 is 11.8 Å². The number of aliphatic carboxylic acids is 1. The van der Waals surface area contributed by atoms with Crippen molar-refractivity contribution in [3.05, 3.63) is 29.2 Å². The van der Waals surface area contributed by atoms with E-state index in [4.69, 9.17) is 0 Å². The lowest BCUT2D eigenvalue weighted by Gasteiger charge is -2.24. The predicted octanol–water partition coefficient (Wildman–Crippen LogP) is 1.04. The number of nitrogens with zero attached hydrogens (tertiary/aromatic N) is 3. The number of thioether (sulfide) groups is 1. The van der Waals surface area contributed by atoms with Crippen LogP contribution in [0.4, 0.5) is 0 Å². The Morgan fingerprint density at radius 1 is 1.45 bits per heavy atom. The van der Waals surface area contributed by atoms with Gasteiger partial charge in [0.05, 0.1) is 6.20 Å². The maximum atomic E-state index is 12.5. The van der Waals surface area contributed by atoms with Gasteiger partial charge >= 0.3 is 5.97 Å². The molecule has 0 aliphatic carbocycles. The molecule has 0 bridgehead atoms. The lowest BCUT2D eigenvalue weighted by atomic mass is 9.99. The minimum Gasteiger partial charge on any atom is -0.479 e. The van der Waals surface area contributed by atoms with E-state index < -0.39 is 17.4 Å². The zero-order valence-electron chi connectivity index (χ0n) is 12.3. The van der Waals surface area contributed by atoms with Crippen molar-refractivity contribution in [3.8, 4) is 0 Å². The van der Waals surface area contributed by atoms with E-state index in [9.17, 15) is 14.7 Å². The number of hydrogen-bond donors (Lipinski definition) is 2. The summed E-state index contributed by atoms with van der Waals surface area (Å²) in [5, 5.41) is 16.3. The van der Waals surface area contributed by atoms with Crippen molar-refractivity contribution in [2.75, 3.05) is 11.5 Å². The number of carbonyl (C=O) groups excluding carboxylic acids is 1. The van der Waals surface area contributed by atoms with E-state index in [2.05, 4.69) is 15.4 Å². The Hall–Kier alpha value is -2.09.